The third-order valence-electron chi connectivity index (χ3n) is 4.57. The smallest absolute Gasteiger partial charge is 0.307 e. The van der Waals surface area contributed by atoms with Crippen molar-refractivity contribution in [2.24, 2.45) is 10.9 Å². The van der Waals surface area contributed by atoms with Gasteiger partial charge in [-0.15, -0.1) is 0 Å². The van der Waals surface area contributed by atoms with E-state index in [0.717, 1.165) is 32.0 Å². The van der Waals surface area contributed by atoms with Gasteiger partial charge in [-0.1, -0.05) is 37.3 Å². The minimum atomic E-state index is -0.217. The van der Waals surface area contributed by atoms with Crippen LogP contribution in [0.1, 0.15) is 38.2 Å². The Kier molecular flexibility index (Phi) is 7.09. The molecule has 0 saturated carbocycles. The summed E-state index contributed by atoms with van der Waals surface area (Å²) in [4.78, 5) is 18.2. The summed E-state index contributed by atoms with van der Waals surface area (Å²) in [5, 5.41) is 3.34. The molecule has 2 atom stereocenters. The normalized spacial score (nSPS) is 21.5. The third kappa shape index (κ3) is 4.98. The van der Waals surface area contributed by atoms with Gasteiger partial charge in [0.15, 0.2) is 5.96 Å². The molecule has 1 aliphatic rings. The Morgan fingerprint density at radius 2 is 2.12 bits per heavy atom. The summed E-state index contributed by atoms with van der Waals surface area (Å²) in [5.41, 5.74) is 1.43. The maximum Gasteiger partial charge on any atom is 0.307 e. The molecule has 0 aromatic heterocycles. The number of nitrogens with one attached hydrogen (secondary N) is 1. The summed E-state index contributed by atoms with van der Waals surface area (Å²) in [7, 11) is 1.41. The van der Waals surface area contributed by atoms with Crippen LogP contribution in [0.4, 0.5) is 0 Å². The van der Waals surface area contributed by atoms with E-state index in [-0.39, 0.29) is 5.97 Å². The molecule has 5 nitrogen and oxygen atoms in total. The van der Waals surface area contributed by atoms with E-state index in [1.165, 1.54) is 12.7 Å². The molecule has 24 heavy (non-hydrogen) atoms. The largest absolute Gasteiger partial charge is 0.469 e. The number of rotatable bonds is 5. The molecule has 1 aromatic rings. The molecule has 1 aromatic carbocycles. The summed E-state index contributed by atoms with van der Waals surface area (Å²) < 4.78 is 4.68. The topological polar surface area (TPSA) is 53.9 Å². The lowest BCUT2D eigenvalue weighted by Crippen LogP contribution is -2.48. The fourth-order valence-electron chi connectivity index (χ4n) is 3.31. The van der Waals surface area contributed by atoms with Crippen molar-refractivity contribution in [3.8, 4) is 0 Å². The number of likely N-dealkylation sites (tertiary alicyclic amines) is 1. The third-order valence-corrected chi connectivity index (χ3v) is 4.57. The molecule has 2 unspecified atom stereocenters. The molecule has 2 rings (SSSR count). The molecule has 0 aliphatic carbocycles. The van der Waals surface area contributed by atoms with Crippen LogP contribution in [0.15, 0.2) is 35.3 Å². The van der Waals surface area contributed by atoms with Crippen molar-refractivity contribution in [2.75, 3.05) is 33.3 Å². The highest BCUT2D eigenvalue weighted by molar-refractivity contribution is 5.80. The van der Waals surface area contributed by atoms with E-state index in [2.05, 4.69) is 64.1 Å². The fourth-order valence-corrected chi connectivity index (χ4v) is 3.31. The second-order valence-corrected chi connectivity index (χ2v) is 6.29. The van der Waals surface area contributed by atoms with E-state index in [9.17, 15) is 4.79 Å². The van der Waals surface area contributed by atoms with E-state index < -0.39 is 0 Å². The van der Waals surface area contributed by atoms with E-state index in [0.29, 0.717) is 24.8 Å². The zero-order valence-electron chi connectivity index (χ0n) is 15.0. The van der Waals surface area contributed by atoms with Gasteiger partial charge in [-0.2, -0.15) is 0 Å². The van der Waals surface area contributed by atoms with Crippen LogP contribution in [-0.4, -0.2) is 50.1 Å². The van der Waals surface area contributed by atoms with E-state index in [1.54, 1.807) is 0 Å². The van der Waals surface area contributed by atoms with Crippen LogP contribution in [0, 0.1) is 5.92 Å². The fraction of sp³-hybridized carbons (Fsp3) is 0.579. The lowest BCUT2D eigenvalue weighted by atomic mass is 9.82. The monoisotopic (exact) mass is 331 g/mol. The van der Waals surface area contributed by atoms with Crippen molar-refractivity contribution in [1.29, 1.82) is 0 Å². The summed E-state index contributed by atoms with van der Waals surface area (Å²) in [6, 6.07) is 10.8. The summed E-state index contributed by atoms with van der Waals surface area (Å²) in [6.07, 6.45) is 1.44. The molecule has 1 N–H and O–H groups in total. The Bertz CT molecular complexity index is 545. The zero-order chi connectivity index (χ0) is 17.4. The number of piperidine rings is 1. The average molecular weight is 331 g/mol. The minimum absolute atomic E-state index is 0.217. The van der Waals surface area contributed by atoms with Crippen LogP contribution in [0.2, 0.25) is 0 Å². The lowest BCUT2D eigenvalue weighted by molar-refractivity contribution is -0.140. The predicted octanol–water partition coefficient (Wildman–Crippen LogP) is 2.64. The van der Waals surface area contributed by atoms with Gasteiger partial charge in [-0.3, -0.25) is 9.79 Å². The maximum absolute atomic E-state index is 11.3. The van der Waals surface area contributed by atoms with E-state index in [1.807, 2.05) is 0 Å². The highest BCUT2D eigenvalue weighted by atomic mass is 16.5. The van der Waals surface area contributed by atoms with Crippen molar-refractivity contribution in [3.05, 3.63) is 35.9 Å². The Hall–Kier alpha value is -2.04. The first-order valence-electron chi connectivity index (χ1n) is 8.80. The Labute approximate surface area is 145 Å². The first kappa shape index (κ1) is 18.3. The molecule has 132 valence electrons. The van der Waals surface area contributed by atoms with Gasteiger partial charge in [0.2, 0.25) is 0 Å². The highest BCUT2D eigenvalue weighted by Crippen LogP contribution is 2.32. The number of esters is 1. The summed E-state index contributed by atoms with van der Waals surface area (Å²) in [6.45, 7) is 7.61. The zero-order valence-corrected chi connectivity index (χ0v) is 15.0. The molecule has 1 fully saturated rings. The predicted molar refractivity (Wildman–Crippen MR) is 97.1 cm³/mol. The SMILES string of the molecule is CCNC(=NCCC(=O)OC)N1CCC(c2ccccc2)C(C)C1. The minimum Gasteiger partial charge on any atom is -0.469 e. The van der Waals surface area contributed by atoms with Crippen molar-refractivity contribution in [3.63, 3.8) is 0 Å². The first-order chi connectivity index (χ1) is 11.7. The van der Waals surface area contributed by atoms with Crippen LogP contribution in [0.5, 0.6) is 0 Å². The lowest BCUT2D eigenvalue weighted by Gasteiger charge is -2.39. The quantitative estimate of drug-likeness (QED) is 0.512. The van der Waals surface area contributed by atoms with Crippen LogP contribution in [0.3, 0.4) is 0 Å². The summed E-state index contributed by atoms with van der Waals surface area (Å²) in [5.74, 6) is 1.84. The van der Waals surface area contributed by atoms with E-state index in [4.69, 9.17) is 0 Å². The van der Waals surface area contributed by atoms with Gasteiger partial charge >= 0.3 is 5.97 Å². The number of carbonyl (C=O) groups excluding carboxylic acids is 1. The van der Waals surface area contributed by atoms with Crippen molar-refractivity contribution in [2.45, 2.75) is 32.6 Å². The summed E-state index contributed by atoms with van der Waals surface area (Å²) >= 11 is 0. The molecule has 0 amide bonds. The Morgan fingerprint density at radius 1 is 1.38 bits per heavy atom. The number of methoxy groups -OCH3 is 1. The average Bonchev–Trinajstić information content (AvgIpc) is 2.61. The maximum atomic E-state index is 11.3. The molecule has 5 heteroatoms. The molecule has 0 bridgehead atoms. The standard InChI is InChI=1S/C19H29N3O2/c1-4-20-19(21-12-10-18(23)24-3)22-13-11-17(15(2)14-22)16-8-6-5-7-9-16/h5-9,15,17H,4,10-14H2,1-3H3,(H,20,21). The van der Waals surface area contributed by atoms with Crippen LogP contribution in [-0.2, 0) is 9.53 Å². The van der Waals surface area contributed by atoms with Crippen molar-refractivity contribution in [1.82, 2.24) is 10.2 Å². The van der Waals surface area contributed by atoms with Gasteiger partial charge in [0.25, 0.3) is 0 Å². The Morgan fingerprint density at radius 3 is 2.75 bits per heavy atom. The number of hydrogen-bond donors (Lipinski definition) is 1. The molecular weight excluding hydrogens is 302 g/mol. The molecule has 1 heterocycles. The second-order valence-electron chi connectivity index (χ2n) is 6.29. The van der Waals surface area contributed by atoms with Gasteiger partial charge in [-0.05, 0) is 30.7 Å². The van der Waals surface area contributed by atoms with Gasteiger partial charge in [0.1, 0.15) is 0 Å². The van der Waals surface area contributed by atoms with Gasteiger partial charge < -0.3 is 15.0 Å². The molecule has 1 saturated heterocycles. The molecule has 1 aliphatic heterocycles. The first-order valence-corrected chi connectivity index (χ1v) is 8.80. The molecule has 0 radical (unpaired) electrons. The molecular formula is C19H29N3O2. The number of aliphatic imine (C=N–C) groups is 1. The van der Waals surface area contributed by atoms with Crippen LogP contribution in [0.25, 0.3) is 0 Å². The second kappa shape index (κ2) is 9.30. The van der Waals surface area contributed by atoms with Gasteiger partial charge in [-0.25, -0.2) is 0 Å². The number of hydrogen-bond acceptors (Lipinski definition) is 3. The number of benzene rings is 1. The van der Waals surface area contributed by atoms with Crippen molar-refractivity contribution < 1.29 is 9.53 Å². The van der Waals surface area contributed by atoms with Crippen LogP contribution < -0.4 is 5.32 Å². The van der Waals surface area contributed by atoms with Gasteiger partial charge in [0, 0.05) is 19.6 Å². The highest BCUT2D eigenvalue weighted by Gasteiger charge is 2.28. The number of guanidine groups is 1. The van der Waals surface area contributed by atoms with Crippen molar-refractivity contribution >= 4 is 11.9 Å². The van der Waals surface area contributed by atoms with E-state index >= 15 is 0 Å². The number of carbonyl (C=O) groups is 1. The number of nitrogens with zero attached hydrogens (tertiary/aromatic N) is 2. The van der Waals surface area contributed by atoms with Crippen LogP contribution >= 0.6 is 0 Å². The molecule has 0 spiro atoms. The van der Waals surface area contributed by atoms with Gasteiger partial charge in [0.05, 0.1) is 20.1 Å². The number of ether oxygens (including phenoxy) is 1. The Balaban J connectivity index is 1.98.